The van der Waals surface area contributed by atoms with Crippen LogP contribution >= 0.6 is 11.6 Å². The first-order chi connectivity index (χ1) is 9.57. The lowest BCUT2D eigenvalue weighted by atomic mass is 9.44. The van der Waals surface area contributed by atoms with Crippen molar-refractivity contribution < 1.29 is 0 Å². The Morgan fingerprint density at radius 2 is 1.90 bits per heavy atom. The fourth-order valence-electron chi connectivity index (χ4n) is 6.14. The van der Waals surface area contributed by atoms with Gasteiger partial charge in [0, 0.05) is 12.0 Å². The summed E-state index contributed by atoms with van der Waals surface area (Å²) in [7, 11) is 0. The van der Waals surface area contributed by atoms with Crippen LogP contribution in [-0.2, 0) is 17.8 Å². The third kappa shape index (κ3) is 1.71. The quantitative estimate of drug-likeness (QED) is 0.792. The second kappa shape index (κ2) is 4.22. The molecule has 0 N–H and O–H groups in total. The number of nitrogens with zero attached hydrogens (tertiary/aromatic N) is 3. The first-order valence-corrected chi connectivity index (χ1v) is 8.59. The third-order valence-corrected chi connectivity index (χ3v) is 6.33. The number of hydrogen-bond acceptors (Lipinski definition) is 2. The molecule has 1 aromatic rings. The van der Waals surface area contributed by atoms with Crippen LogP contribution in [0.4, 0.5) is 0 Å². The molecule has 2 unspecified atom stereocenters. The van der Waals surface area contributed by atoms with E-state index in [0.717, 1.165) is 24.2 Å². The maximum Gasteiger partial charge on any atom is 0.147 e. The van der Waals surface area contributed by atoms with E-state index in [1.807, 2.05) is 0 Å². The van der Waals surface area contributed by atoms with Gasteiger partial charge >= 0.3 is 0 Å². The van der Waals surface area contributed by atoms with E-state index in [1.165, 1.54) is 44.3 Å². The molecule has 4 fully saturated rings. The standard InChI is InChI=1S/C16H24ClN3/c1-3-20-13(9-17)18-19-14(20)16-7-11-4-12(8-16)6-15(2,5-11)10-16/h11-12H,3-10H2,1-2H3. The molecule has 0 saturated heterocycles. The Balaban J connectivity index is 1.80. The SMILES string of the molecule is CCn1c(CCl)nnc1C12CC3CC(CC(C)(C3)C1)C2. The van der Waals surface area contributed by atoms with E-state index in [2.05, 4.69) is 28.6 Å². The van der Waals surface area contributed by atoms with E-state index >= 15 is 0 Å². The Bertz CT molecular complexity index is 522. The van der Waals surface area contributed by atoms with Gasteiger partial charge in [-0.3, -0.25) is 0 Å². The van der Waals surface area contributed by atoms with Crippen LogP contribution in [0.2, 0.25) is 0 Å². The summed E-state index contributed by atoms with van der Waals surface area (Å²) in [4.78, 5) is 0. The van der Waals surface area contributed by atoms with Crippen molar-refractivity contribution in [1.82, 2.24) is 14.8 Å². The van der Waals surface area contributed by atoms with Gasteiger partial charge in [0.1, 0.15) is 11.6 Å². The molecule has 4 heteroatoms. The van der Waals surface area contributed by atoms with Gasteiger partial charge in [-0.1, -0.05) is 6.92 Å². The van der Waals surface area contributed by atoms with Gasteiger partial charge < -0.3 is 4.57 Å². The number of rotatable bonds is 3. The number of aromatic nitrogens is 3. The highest BCUT2D eigenvalue weighted by atomic mass is 35.5. The molecule has 4 saturated carbocycles. The van der Waals surface area contributed by atoms with Crippen molar-refractivity contribution in [2.24, 2.45) is 17.3 Å². The maximum atomic E-state index is 6.04. The van der Waals surface area contributed by atoms with Crippen LogP contribution < -0.4 is 0 Å². The van der Waals surface area contributed by atoms with Crippen LogP contribution in [0.1, 0.15) is 64.0 Å². The van der Waals surface area contributed by atoms with Crippen molar-refractivity contribution in [2.45, 2.75) is 70.2 Å². The lowest BCUT2D eigenvalue weighted by Crippen LogP contribution is -2.53. The van der Waals surface area contributed by atoms with Gasteiger partial charge in [0.15, 0.2) is 0 Å². The average Bonchev–Trinajstić information content (AvgIpc) is 2.79. The Morgan fingerprint density at radius 1 is 1.20 bits per heavy atom. The van der Waals surface area contributed by atoms with Crippen molar-refractivity contribution in [3.05, 3.63) is 11.6 Å². The van der Waals surface area contributed by atoms with Crippen molar-refractivity contribution >= 4 is 11.6 Å². The third-order valence-electron chi connectivity index (χ3n) is 6.09. The number of alkyl halides is 1. The van der Waals surface area contributed by atoms with Crippen LogP contribution in [0, 0.1) is 17.3 Å². The summed E-state index contributed by atoms with van der Waals surface area (Å²) < 4.78 is 2.30. The zero-order valence-corrected chi connectivity index (χ0v) is 13.3. The summed E-state index contributed by atoms with van der Waals surface area (Å²) >= 11 is 6.04. The number of hydrogen-bond donors (Lipinski definition) is 0. The van der Waals surface area contributed by atoms with Crippen molar-refractivity contribution in [3.8, 4) is 0 Å². The molecule has 3 nitrogen and oxygen atoms in total. The minimum Gasteiger partial charge on any atom is -0.314 e. The topological polar surface area (TPSA) is 30.7 Å². The van der Waals surface area contributed by atoms with E-state index < -0.39 is 0 Å². The lowest BCUT2D eigenvalue weighted by molar-refractivity contribution is -0.0661. The van der Waals surface area contributed by atoms with Crippen LogP contribution in [0.3, 0.4) is 0 Å². The second-order valence-corrected chi connectivity index (χ2v) is 8.14. The van der Waals surface area contributed by atoms with Gasteiger partial charge in [-0.25, -0.2) is 0 Å². The second-order valence-electron chi connectivity index (χ2n) is 7.87. The zero-order valence-electron chi connectivity index (χ0n) is 12.5. The highest BCUT2D eigenvalue weighted by Crippen LogP contribution is 2.65. The Labute approximate surface area is 126 Å². The smallest absolute Gasteiger partial charge is 0.147 e. The van der Waals surface area contributed by atoms with E-state index in [0.29, 0.717) is 16.7 Å². The average molecular weight is 294 g/mol. The maximum absolute atomic E-state index is 6.04. The molecule has 0 amide bonds. The minimum absolute atomic E-state index is 0.298. The molecule has 2 atom stereocenters. The molecule has 4 aliphatic carbocycles. The minimum atomic E-state index is 0.298. The molecule has 1 aromatic heterocycles. The van der Waals surface area contributed by atoms with Gasteiger partial charge in [0.2, 0.25) is 0 Å². The van der Waals surface area contributed by atoms with Gasteiger partial charge in [-0.15, -0.1) is 21.8 Å². The fourth-order valence-corrected chi connectivity index (χ4v) is 6.34. The summed E-state index contributed by atoms with van der Waals surface area (Å²) in [5, 5.41) is 8.97. The molecule has 1 heterocycles. The normalized spacial score (nSPS) is 42.4. The van der Waals surface area contributed by atoms with Gasteiger partial charge in [-0.05, 0) is 62.7 Å². The molecule has 0 aliphatic heterocycles. The predicted octanol–water partition coefficient (Wildman–Crippen LogP) is 3.89. The Hall–Kier alpha value is -0.570. The largest absolute Gasteiger partial charge is 0.314 e. The Kier molecular flexibility index (Phi) is 2.77. The van der Waals surface area contributed by atoms with Crippen LogP contribution in [-0.4, -0.2) is 14.8 Å². The van der Waals surface area contributed by atoms with E-state index in [9.17, 15) is 0 Å². The molecule has 110 valence electrons. The molecule has 4 aliphatic rings. The summed E-state index contributed by atoms with van der Waals surface area (Å²) in [5.41, 5.74) is 0.849. The van der Waals surface area contributed by atoms with Crippen LogP contribution in [0.15, 0.2) is 0 Å². The van der Waals surface area contributed by atoms with Crippen molar-refractivity contribution in [2.75, 3.05) is 0 Å². The lowest BCUT2D eigenvalue weighted by Gasteiger charge is -2.60. The van der Waals surface area contributed by atoms with Gasteiger partial charge in [-0.2, -0.15) is 0 Å². The van der Waals surface area contributed by atoms with Gasteiger partial charge in [0.25, 0.3) is 0 Å². The van der Waals surface area contributed by atoms with Crippen molar-refractivity contribution in [1.29, 1.82) is 0 Å². The highest BCUT2D eigenvalue weighted by molar-refractivity contribution is 6.16. The Morgan fingerprint density at radius 3 is 2.45 bits per heavy atom. The number of halogens is 1. The van der Waals surface area contributed by atoms with Crippen LogP contribution in [0.5, 0.6) is 0 Å². The van der Waals surface area contributed by atoms with E-state index in [-0.39, 0.29) is 0 Å². The molecular weight excluding hydrogens is 270 g/mol. The molecule has 4 bridgehead atoms. The summed E-state index contributed by atoms with van der Waals surface area (Å²) in [6.07, 6.45) is 8.31. The predicted molar refractivity (Wildman–Crippen MR) is 79.7 cm³/mol. The molecule has 0 radical (unpaired) electrons. The van der Waals surface area contributed by atoms with E-state index in [1.54, 1.807) is 0 Å². The first-order valence-electron chi connectivity index (χ1n) is 8.06. The van der Waals surface area contributed by atoms with Gasteiger partial charge in [0.05, 0.1) is 5.88 Å². The van der Waals surface area contributed by atoms with Crippen molar-refractivity contribution in [3.63, 3.8) is 0 Å². The first kappa shape index (κ1) is 13.1. The molecule has 0 spiro atoms. The summed E-state index contributed by atoms with van der Waals surface area (Å²) in [6.45, 7) is 5.64. The molecule has 20 heavy (non-hydrogen) atoms. The highest BCUT2D eigenvalue weighted by Gasteiger charge is 2.58. The fraction of sp³-hybridized carbons (Fsp3) is 0.875. The van der Waals surface area contributed by atoms with E-state index in [4.69, 9.17) is 11.6 Å². The van der Waals surface area contributed by atoms with Crippen LogP contribution in [0.25, 0.3) is 0 Å². The summed E-state index contributed by atoms with van der Waals surface area (Å²) in [6, 6.07) is 0. The zero-order chi connectivity index (χ0) is 14.0. The summed E-state index contributed by atoms with van der Waals surface area (Å²) in [5.74, 6) is 4.51. The molecule has 0 aromatic carbocycles. The monoisotopic (exact) mass is 293 g/mol. The molecular formula is C16H24ClN3. The molecule has 5 rings (SSSR count).